The Labute approximate surface area is 279 Å². The number of rotatable bonds is 19. The van der Waals surface area contributed by atoms with Crippen molar-refractivity contribution in [3.05, 3.63) is 96.1 Å². The second kappa shape index (κ2) is 19.9. The minimum atomic E-state index is -0.515. The normalized spacial score (nSPS) is 16.8. The number of esters is 3. The van der Waals surface area contributed by atoms with Crippen molar-refractivity contribution in [2.45, 2.75) is 77.6 Å². The fourth-order valence-corrected chi connectivity index (χ4v) is 5.90. The molecule has 0 heterocycles. The highest BCUT2D eigenvalue weighted by Crippen LogP contribution is 2.38. The molecule has 0 amide bonds. The summed E-state index contributed by atoms with van der Waals surface area (Å²) in [6.07, 6.45) is 14.8. The van der Waals surface area contributed by atoms with Crippen LogP contribution in [0.1, 0.15) is 99.0 Å². The van der Waals surface area contributed by atoms with Crippen LogP contribution < -0.4 is 9.47 Å². The summed E-state index contributed by atoms with van der Waals surface area (Å²) in [5, 5.41) is 7.93. The molecule has 0 saturated heterocycles. The lowest BCUT2D eigenvalue weighted by molar-refractivity contribution is -0.139. The molecule has 1 aliphatic rings. The van der Waals surface area contributed by atoms with Gasteiger partial charge in [-0.25, -0.2) is 14.4 Å². The zero-order chi connectivity index (χ0) is 34.0. The third-order valence-corrected chi connectivity index (χ3v) is 8.73. The van der Waals surface area contributed by atoms with E-state index in [4.69, 9.17) is 24.4 Å². The van der Waals surface area contributed by atoms with Crippen molar-refractivity contribution in [1.29, 1.82) is 5.41 Å². The topological polar surface area (TPSA) is 112 Å². The summed E-state index contributed by atoms with van der Waals surface area (Å²) in [5.74, 6) is 0.642. The van der Waals surface area contributed by atoms with Gasteiger partial charge in [0.05, 0.1) is 25.4 Å². The molecule has 0 bridgehead atoms. The molecular formula is C39H49NO7. The van der Waals surface area contributed by atoms with E-state index in [1.807, 2.05) is 25.1 Å². The Kier molecular flexibility index (Phi) is 15.7. The second-order valence-corrected chi connectivity index (χ2v) is 12.0. The van der Waals surface area contributed by atoms with Gasteiger partial charge in [-0.3, -0.25) is 0 Å². The Morgan fingerprint density at radius 1 is 0.936 bits per heavy atom. The fourth-order valence-electron chi connectivity index (χ4n) is 5.90. The number of ether oxygens (including phenoxy) is 4. The number of benzene rings is 2. The van der Waals surface area contributed by atoms with Crippen LogP contribution in [0.4, 0.5) is 0 Å². The Balaban J connectivity index is 1.56. The van der Waals surface area contributed by atoms with E-state index in [9.17, 15) is 14.4 Å². The summed E-state index contributed by atoms with van der Waals surface area (Å²) in [6, 6.07) is 12.5. The number of hydrogen-bond acceptors (Lipinski definition) is 8. The largest absolute Gasteiger partial charge is 0.493 e. The number of carbonyl (C=O) groups is 3. The average molecular weight is 644 g/mol. The maximum absolute atomic E-state index is 13.0. The fraction of sp³-hybridized carbons (Fsp3) is 0.436. The van der Waals surface area contributed by atoms with Crippen LogP contribution in [0.15, 0.2) is 79.4 Å². The first-order chi connectivity index (χ1) is 22.8. The molecule has 47 heavy (non-hydrogen) atoms. The van der Waals surface area contributed by atoms with Crippen molar-refractivity contribution in [3.63, 3.8) is 0 Å². The van der Waals surface area contributed by atoms with Gasteiger partial charge in [-0.2, -0.15) is 0 Å². The monoisotopic (exact) mass is 643 g/mol. The molecule has 1 fully saturated rings. The van der Waals surface area contributed by atoms with Crippen molar-refractivity contribution >= 4 is 24.1 Å². The molecule has 0 aliphatic heterocycles. The lowest BCUT2D eigenvalue weighted by atomic mass is 9.77. The molecule has 2 aromatic carbocycles. The SMILES string of the molecule is C=CC(=O)OCCC(=CC)CCC(COC(=O)C=C)COc1ccc(C(=O)Oc2ccc(C3CCC(CCC)CC3)cc2C=N)cc1. The van der Waals surface area contributed by atoms with Gasteiger partial charge in [0, 0.05) is 36.3 Å². The van der Waals surface area contributed by atoms with E-state index >= 15 is 0 Å². The first-order valence-corrected chi connectivity index (χ1v) is 16.6. The maximum Gasteiger partial charge on any atom is 0.343 e. The van der Waals surface area contributed by atoms with Gasteiger partial charge < -0.3 is 24.4 Å². The van der Waals surface area contributed by atoms with E-state index in [0.29, 0.717) is 47.8 Å². The number of allylic oxidation sites excluding steroid dienone is 1. The van der Waals surface area contributed by atoms with Crippen molar-refractivity contribution in [3.8, 4) is 11.5 Å². The quantitative estimate of drug-likeness (QED) is 0.0537. The molecule has 0 spiro atoms. The summed E-state index contributed by atoms with van der Waals surface area (Å²) >= 11 is 0. The van der Waals surface area contributed by atoms with E-state index < -0.39 is 17.9 Å². The lowest BCUT2D eigenvalue weighted by Gasteiger charge is -2.29. The predicted octanol–water partition coefficient (Wildman–Crippen LogP) is 8.55. The molecule has 0 aromatic heterocycles. The highest BCUT2D eigenvalue weighted by Gasteiger charge is 2.23. The molecule has 8 heteroatoms. The van der Waals surface area contributed by atoms with Crippen LogP contribution in [0, 0.1) is 17.2 Å². The first kappa shape index (κ1) is 37.0. The van der Waals surface area contributed by atoms with E-state index in [2.05, 4.69) is 20.1 Å². The maximum atomic E-state index is 13.0. The lowest BCUT2D eigenvalue weighted by Crippen LogP contribution is -2.20. The van der Waals surface area contributed by atoms with Gasteiger partial charge in [0.2, 0.25) is 0 Å². The van der Waals surface area contributed by atoms with Gasteiger partial charge in [0.15, 0.2) is 0 Å². The van der Waals surface area contributed by atoms with Crippen LogP contribution >= 0.6 is 0 Å². The van der Waals surface area contributed by atoms with Gasteiger partial charge in [0.25, 0.3) is 0 Å². The zero-order valence-electron chi connectivity index (χ0n) is 27.8. The number of carbonyl (C=O) groups excluding carboxylic acids is 3. The Morgan fingerprint density at radius 2 is 1.64 bits per heavy atom. The van der Waals surface area contributed by atoms with Crippen molar-refractivity contribution < 1.29 is 33.3 Å². The van der Waals surface area contributed by atoms with Gasteiger partial charge >= 0.3 is 17.9 Å². The summed E-state index contributed by atoms with van der Waals surface area (Å²) in [6.45, 7) is 11.7. The van der Waals surface area contributed by atoms with Crippen LogP contribution in [-0.4, -0.2) is 43.9 Å². The third kappa shape index (κ3) is 12.3. The minimum absolute atomic E-state index is 0.108. The zero-order valence-corrected chi connectivity index (χ0v) is 27.8. The molecule has 1 unspecified atom stereocenters. The van der Waals surface area contributed by atoms with Crippen LogP contribution in [0.5, 0.6) is 11.5 Å². The third-order valence-electron chi connectivity index (χ3n) is 8.73. The molecule has 0 radical (unpaired) electrons. The summed E-state index contributed by atoms with van der Waals surface area (Å²) in [5.41, 5.74) is 3.26. The molecule has 1 saturated carbocycles. The highest BCUT2D eigenvalue weighted by atomic mass is 16.5. The summed E-state index contributed by atoms with van der Waals surface area (Å²) in [4.78, 5) is 36.0. The van der Waals surface area contributed by atoms with Gasteiger partial charge in [-0.1, -0.05) is 50.6 Å². The predicted molar refractivity (Wildman–Crippen MR) is 184 cm³/mol. The van der Waals surface area contributed by atoms with Gasteiger partial charge in [-0.15, -0.1) is 0 Å². The molecule has 2 aromatic rings. The van der Waals surface area contributed by atoms with E-state index in [1.54, 1.807) is 30.3 Å². The van der Waals surface area contributed by atoms with Crippen molar-refractivity contribution in [1.82, 2.24) is 0 Å². The Morgan fingerprint density at radius 3 is 2.28 bits per heavy atom. The molecule has 1 aliphatic carbocycles. The highest BCUT2D eigenvalue weighted by molar-refractivity contribution is 5.93. The van der Waals surface area contributed by atoms with Crippen molar-refractivity contribution in [2.24, 2.45) is 11.8 Å². The van der Waals surface area contributed by atoms with Crippen LogP contribution in [0.25, 0.3) is 0 Å². The van der Waals surface area contributed by atoms with E-state index in [0.717, 1.165) is 36.5 Å². The molecular weight excluding hydrogens is 594 g/mol. The average Bonchev–Trinajstić information content (AvgIpc) is 3.10. The standard InChI is InChI=1S/C39H49NO7/c1-5-9-29-12-14-31(15-13-29)33-18-21-36(34(24-33)25-40)47-39(43)32-16-19-35(20-17-32)45-26-30(27-46-38(42)8-4)11-10-28(6-2)22-23-44-37(41)7-3/h6-8,16-21,24-25,29-31,40H,3-5,9-15,22-23,26-27H2,1-2H3. The van der Waals surface area contributed by atoms with Crippen LogP contribution in [0.3, 0.4) is 0 Å². The van der Waals surface area contributed by atoms with Crippen LogP contribution in [-0.2, 0) is 19.1 Å². The van der Waals surface area contributed by atoms with E-state index in [1.165, 1.54) is 37.5 Å². The molecule has 1 atom stereocenters. The molecule has 3 rings (SSSR count). The van der Waals surface area contributed by atoms with Crippen LogP contribution in [0.2, 0.25) is 0 Å². The number of nitrogens with one attached hydrogen (secondary N) is 1. The van der Waals surface area contributed by atoms with Gasteiger partial charge in [-0.05, 0) is 99.2 Å². The van der Waals surface area contributed by atoms with Gasteiger partial charge in [0.1, 0.15) is 11.5 Å². The minimum Gasteiger partial charge on any atom is -0.493 e. The smallest absolute Gasteiger partial charge is 0.343 e. The summed E-state index contributed by atoms with van der Waals surface area (Å²) < 4.78 is 22.1. The summed E-state index contributed by atoms with van der Waals surface area (Å²) in [7, 11) is 0. The van der Waals surface area contributed by atoms with Crippen molar-refractivity contribution in [2.75, 3.05) is 19.8 Å². The Bertz CT molecular complexity index is 1390. The first-order valence-electron chi connectivity index (χ1n) is 16.6. The molecule has 8 nitrogen and oxygen atoms in total. The second-order valence-electron chi connectivity index (χ2n) is 12.0. The number of hydrogen-bond donors (Lipinski definition) is 1. The Hall–Kier alpha value is -4.46. The molecule has 252 valence electrons. The molecule has 1 N–H and O–H groups in total. The van der Waals surface area contributed by atoms with E-state index in [-0.39, 0.29) is 25.7 Å².